The predicted octanol–water partition coefficient (Wildman–Crippen LogP) is 2.10. The zero-order valence-corrected chi connectivity index (χ0v) is 15.4. The number of carbonyl (C=O) groups excluding carboxylic acids is 1. The number of hydrogen-bond donors (Lipinski definition) is 3. The summed E-state index contributed by atoms with van der Waals surface area (Å²) >= 11 is 0. The molecule has 1 saturated carbocycles. The van der Waals surface area contributed by atoms with E-state index in [9.17, 15) is 9.59 Å². The number of nitrogens with zero attached hydrogens (tertiary/aromatic N) is 1. The Morgan fingerprint density at radius 2 is 1.84 bits per heavy atom. The van der Waals surface area contributed by atoms with Gasteiger partial charge in [0, 0.05) is 30.4 Å². The number of rotatable bonds is 5. The first-order valence-electron chi connectivity index (χ1n) is 9.90. The Balaban J connectivity index is 1.42. The molecule has 3 N–H and O–H groups in total. The van der Waals surface area contributed by atoms with E-state index in [1.165, 1.54) is 57.9 Å². The van der Waals surface area contributed by atoms with Gasteiger partial charge >= 0.3 is 0 Å². The smallest absolute Gasteiger partial charge is 0.267 e. The Morgan fingerprint density at radius 1 is 1.12 bits per heavy atom. The molecule has 1 unspecified atom stereocenters. The number of H-pyrrole nitrogens is 2. The van der Waals surface area contributed by atoms with Crippen molar-refractivity contribution in [3.8, 4) is 0 Å². The summed E-state index contributed by atoms with van der Waals surface area (Å²) in [5.74, 6) is 0.484. The summed E-state index contributed by atoms with van der Waals surface area (Å²) in [5, 5.41) is 8.32. The van der Waals surface area contributed by atoms with Crippen LogP contribution in [0.3, 0.4) is 0 Å². The number of nitrogens with one attached hydrogen (secondary N) is 3. The molecule has 1 saturated heterocycles. The summed E-state index contributed by atoms with van der Waals surface area (Å²) in [4.78, 5) is 26.4. The summed E-state index contributed by atoms with van der Waals surface area (Å²) < 4.78 is 0. The lowest BCUT2D eigenvalue weighted by Crippen LogP contribution is -2.36. The van der Waals surface area contributed by atoms with Crippen LogP contribution in [0.5, 0.6) is 0 Å². The first-order chi connectivity index (χ1) is 12.1. The molecule has 1 aliphatic heterocycles. The Bertz CT molecular complexity index is 613. The highest BCUT2D eigenvalue weighted by atomic mass is 16.2. The molecule has 2 aliphatic rings. The van der Waals surface area contributed by atoms with Crippen LogP contribution in [0.25, 0.3) is 0 Å². The van der Waals surface area contributed by atoms with Gasteiger partial charge in [0.25, 0.3) is 5.56 Å². The molecule has 140 valence electrons. The van der Waals surface area contributed by atoms with Crippen molar-refractivity contribution in [3.63, 3.8) is 0 Å². The van der Waals surface area contributed by atoms with Gasteiger partial charge in [0.1, 0.15) is 0 Å². The van der Waals surface area contributed by atoms with Crippen LogP contribution in [0.4, 0.5) is 0 Å². The molecule has 0 radical (unpaired) electrons. The molecule has 1 amide bonds. The van der Waals surface area contributed by atoms with E-state index in [1.54, 1.807) is 0 Å². The molecule has 3 rings (SSSR count). The molecule has 0 spiro atoms. The zero-order valence-electron chi connectivity index (χ0n) is 15.4. The Hall–Kier alpha value is -1.56. The van der Waals surface area contributed by atoms with E-state index in [1.807, 2.05) is 6.92 Å². The van der Waals surface area contributed by atoms with Crippen LogP contribution in [0, 0.1) is 12.8 Å². The lowest BCUT2D eigenvalue weighted by molar-refractivity contribution is -0.120. The maximum absolute atomic E-state index is 12.1. The van der Waals surface area contributed by atoms with Crippen molar-refractivity contribution in [2.24, 2.45) is 5.92 Å². The van der Waals surface area contributed by atoms with Gasteiger partial charge in [0.2, 0.25) is 5.91 Å². The van der Waals surface area contributed by atoms with E-state index in [4.69, 9.17) is 0 Å². The highest BCUT2D eigenvalue weighted by Crippen LogP contribution is 2.26. The summed E-state index contributed by atoms with van der Waals surface area (Å²) in [6, 6.07) is 0.752. The average molecular weight is 348 g/mol. The molecule has 1 atom stereocenters. The molecule has 25 heavy (non-hydrogen) atoms. The number of aryl methyl sites for hydroxylation is 1. The first-order valence-corrected chi connectivity index (χ1v) is 9.90. The van der Waals surface area contributed by atoms with Crippen molar-refractivity contribution in [2.75, 3.05) is 19.6 Å². The maximum atomic E-state index is 12.1. The number of aromatic nitrogens is 2. The topological polar surface area (TPSA) is 81.0 Å². The fraction of sp³-hybridized carbons (Fsp3) is 0.789. The van der Waals surface area contributed by atoms with Gasteiger partial charge < -0.3 is 15.3 Å². The third-order valence-electron chi connectivity index (χ3n) is 5.92. The molecule has 2 fully saturated rings. The highest BCUT2D eigenvalue weighted by molar-refractivity contribution is 5.78. The second kappa shape index (κ2) is 8.70. The number of amides is 1. The number of hydrogen-bond acceptors (Lipinski definition) is 3. The summed E-state index contributed by atoms with van der Waals surface area (Å²) in [6.45, 7) is 4.81. The van der Waals surface area contributed by atoms with Crippen LogP contribution < -0.4 is 10.9 Å². The van der Waals surface area contributed by atoms with Crippen molar-refractivity contribution in [1.82, 2.24) is 20.4 Å². The first kappa shape index (κ1) is 18.2. The second-order valence-electron chi connectivity index (χ2n) is 7.81. The third-order valence-corrected chi connectivity index (χ3v) is 5.92. The van der Waals surface area contributed by atoms with Crippen LogP contribution in [-0.2, 0) is 11.2 Å². The number of likely N-dealkylation sites (tertiary alicyclic amines) is 1. The molecular formula is C19H32N4O2. The van der Waals surface area contributed by atoms with Gasteiger partial charge in [-0.05, 0) is 38.6 Å². The summed E-state index contributed by atoms with van der Waals surface area (Å²) in [5.41, 5.74) is 1.10. The van der Waals surface area contributed by atoms with Gasteiger partial charge in [-0.25, -0.2) is 0 Å². The Kier molecular flexibility index (Phi) is 6.34. The van der Waals surface area contributed by atoms with Gasteiger partial charge in [-0.15, -0.1) is 0 Å². The van der Waals surface area contributed by atoms with Crippen LogP contribution in [0.1, 0.15) is 62.6 Å². The molecule has 2 heterocycles. The second-order valence-corrected chi connectivity index (χ2v) is 7.81. The zero-order chi connectivity index (χ0) is 17.6. The fourth-order valence-electron chi connectivity index (χ4n) is 4.33. The van der Waals surface area contributed by atoms with Crippen LogP contribution in [0.2, 0.25) is 0 Å². The van der Waals surface area contributed by atoms with Crippen molar-refractivity contribution in [1.29, 1.82) is 0 Å². The molecule has 0 aromatic carbocycles. The largest absolute Gasteiger partial charge is 0.355 e. The quantitative estimate of drug-likeness (QED) is 0.762. The predicted molar refractivity (Wildman–Crippen MR) is 98.7 cm³/mol. The molecule has 6 heteroatoms. The van der Waals surface area contributed by atoms with E-state index in [2.05, 4.69) is 20.4 Å². The highest BCUT2D eigenvalue weighted by Gasteiger charge is 2.28. The van der Waals surface area contributed by atoms with E-state index in [0.29, 0.717) is 11.5 Å². The Morgan fingerprint density at radius 3 is 2.52 bits per heavy atom. The van der Waals surface area contributed by atoms with E-state index in [0.717, 1.165) is 24.8 Å². The monoisotopic (exact) mass is 348 g/mol. The van der Waals surface area contributed by atoms with E-state index in [-0.39, 0.29) is 17.9 Å². The van der Waals surface area contributed by atoms with Crippen LogP contribution in [-0.4, -0.2) is 46.7 Å². The summed E-state index contributed by atoms with van der Waals surface area (Å²) in [7, 11) is 0. The lowest BCUT2D eigenvalue weighted by atomic mass is 9.96. The molecular weight excluding hydrogens is 316 g/mol. The van der Waals surface area contributed by atoms with E-state index >= 15 is 0 Å². The summed E-state index contributed by atoms with van der Waals surface area (Å²) in [6.07, 6.45) is 10.9. The van der Waals surface area contributed by atoms with Crippen molar-refractivity contribution in [2.45, 2.75) is 70.8 Å². The SMILES string of the molecule is Cc1[nH][nH]c(=O)c1CC(=O)NCC1CCN(C2CCCCCCC2)C1. The molecule has 1 aromatic rings. The molecule has 1 aliphatic carbocycles. The van der Waals surface area contributed by atoms with E-state index < -0.39 is 0 Å². The average Bonchev–Trinajstić information content (AvgIpc) is 3.15. The van der Waals surface area contributed by atoms with Crippen LogP contribution >= 0.6 is 0 Å². The van der Waals surface area contributed by atoms with Crippen molar-refractivity contribution >= 4 is 5.91 Å². The van der Waals surface area contributed by atoms with Gasteiger partial charge in [0.05, 0.1) is 6.42 Å². The molecule has 0 bridgehead atoms. The fourth-order valence-corrected chi connectivity index (χ4v) is 4.33. The molecule has 1 aromatic heterocycles. The number of carbonyl (C=O) groups is 1. The van der Waals surface area contributed by atoms with Gasteiger partial charge in [0.15, 0.2) is 0 Å². The van der Waals surface area contributed by atoms with Gasteiger partial charge in [-0.2, -0.15) is 0 Å². The standard InChI is InChI=1S/C19H32N4O2/c1-14-17(19(25)22-21-14)11-18(24)20-12-15-9-10-23(13-15)16-7-5-3-2-4-6-8-16/h15-16H,2-13H2,1H3,(H,20,24)(H2,21,22,25). The maximum Gasteiger partial charge on any atom is 0.267 e. The minimum Gasteiger partial charge on any atom is -0.355 e. The Labute approximate surface area is 149 Å². The van der Waals surface area contributed by atoms with Gasteiger partial charge in [-0.3, -0.25) is 14.7 Å². The minimum atomic E-state index is -0.191. The normalized spacial score (nSPS) is 23.3. The lowest BCUT2D eigenvalue weighted by Gasteiger charge is -2.29. The van der Waals surface area contributed by atoms with Crippen LogP contribution in [0.15, 0.2) is 4.79 Å². The number of aromatic amines is 2. The van der Waals surface area contributed by atoms with Crippen molar-refractivity contribution < 1.29 is 4.79 Å². The van der Waals surface area contributed by atoms with Gasteiger partial charge in [-0.1, -0.05) is 32.1 Å². The minimum absolute atomic E-state index is 0.0578. The van der Waals surface area contributed by atoms with Crippen molar-refractivity contribution in [3.05, 3.63) is 21.6 Å². The third kappa shape index (κ3) is 4.97. The molecule has 6 nitrogen and oxygen atoms in total.